The first kappa shape index (κ1) is 20.0. The largest absolute Gasteiger partial charge is 0.490 e. The molecule has 144 valence electrons. The Kier molecular flexibility index (Phi) is 6.93. The van der Waals surface area contributed by atoms with E-state index >= 15 is 0 Å². The average molecular weight is 376 g/mol. The van der Waals surface area contributed by atoms with Crippen molar-refractivity contribution in [2.75, 3.05) is 19.8 Å². The van der Waals surface area contributed by atoms with Crippen LogP contribution in [0.5, 0.6) is 11.5 Å². The van der Waals surface area contributed by atoms with Gasteiger partial charge in [0.05, 0.1) is 18.1 Å². The molecule has 0 saturated heterocycles. The summed E-state index contributed by atoms with van der Waals surface area (Å²) in [5.41, 5.74) is 0.730. The molecule has 0 amide bonds. The highest BCUT2D eigenvalue weighted by molar-refractivity contribution is 5.73. The van der Waals surface area contributed by atoms with E-state index in [2.05, 4.69) is 5.16 Å². The van der Waals surface area contributed by atoms with Crippen LogP contribution in [0, 0.1) is 17.0 Å². The molecule has 2 rings (SSSR count). The first-order chi connectivity index (χ1) is 13.0. The summed E-state index contributed by atoms with van der Waals surface area (Å²) in [6, 6.07) is 5.05. The molecule has 0 aliphatic carbocycles. The number of ether oxygens (including phenoxy) is 3. The molecule has 9 nitrogen and oxygen atoms in total. The molecule has 0 atom stereocenters. The smallest absolute Gasteiger partial charge is 0.344 e. The van der Waals surface area contributed by atoms with Gasteiger partial charge in [-0.15, -0.1) is 0 Å². The zero-order valence-electron chi connectivity index (χ0n) is 15.3. The lowest BCUT2D eigenvalue weighted by Crippen LogP contribution is -2.15. The van der Waals surface area contributed by atoms with Gasteiger partial charge in [0.25, 0.3) is 0 Å². The first-order valence-electron chi connectivity index (χ1n) is 8.30. The lowest BCUT2D eigenvalue weighted by Gasteiger charge is -2.12. The minimum atomic E-state index is -0.538. The third-order valence-electron chi connectivity index (χ3n) is 3.39. The number of hydrogen-bond donors (Lipinski definition) is 0. The summed E-state index contributed by atoms with van der Waals surface area (Å²) in [5, 5.41) is 14.7. The lowest BCUT2D eigenvalue weighted by molar-refractivity contribution is -0.386. The Labute approximate surface area is 155 Å². The van der Waals surface area contributed by atoms with E-state index in [1.54, 1.807) is 31.2 Å². The monoisotopic (exact) mass is 376 g/mol. The zero-order valence-corrected chi connectivity index (χ0v) is 15.3. The molecule has 0 fully saturated rings. The Bertz CT molecular complexity index is 842. The number of esters is 1. The second-order valence-electron chi connectivity index (χ2n) is 5.30. The predicted molar refractivity (Wildman–Crippen MR) is 96.6 cm³/mol. The Morgan fingerprint density at radius 1 is 1.22 bits per heavy atom. The van der Waals surface area contributed by atoms with E-state index in [1.165, 1.54) is 13.0 Å². The normalized spacial score (nSPS) is 10.8. The molecule has 0 spiro atoms. The number of hydrogen-bond acceptors (Lipinski definition) is 8. The van der Waals surface area contributed by atoms with Gasteiger partial charge in [-0.2, -0.15) is 0 Å². The Hall–Kier alpha value is -3.36. The van der Waals surface area contributed by atoms with Gasteiger partial charge in [0.2, 0.25) is 5.76 Å². The van der Waals surface area contributed by atoms with Crippen LogP contribution in [0.2, 0.25) is 0 Å². The van der Waals surface area contributed by atoms with E-state index in [0.717, 1.165) is 0 Å². The Balaban J connectivity index is 2.20. The fraction of sp³-hybridized carbons (Fsp3) is 0.333. The van der Waals surface area contributed by atoms with Crippen molar-refractivity contribution in [3.05, 3.63) is 45.3 Å². The van der Waals surface area contributed by atoms with Crippen molar-refractivity contribution in [3.63, 3.8) is 0 Å². The molecule has 0 radical (unpaired) electrons. The summed E-state index contributed by atoms with van der Waals surface area (Å²) in [7, 11) is 0. The number of nitro groups is 1. The SMILES string of the molecule is CCOC(=O)COc1ccc(/C=C/c2onc(C)c2[N+](=O)[O-])cc1OCC. The van der Waals surface area contributed by atoms with Crippen LogP contribution >= 0.6 is 0 Å². The Morgan fingerprint density at radius 2 is 2.00 bits per heavy atom. The second kappa shape index (κ2) is 9.37. The molecular weight excluding hydrogens is 356 g/mol. The molecule has 1 aromatic carbocycles. The number of aromatic nitrogens is 1. The number of aryl methyl sites for hydroxylation is 1. The van der Waals surface area contributed by atoms with E-state index in [9.17, 15) is 14.9 Å². The predicted octanol–water partition coefficient (Wildman–Crippen LogP) is 3.40. The molecule has 0 unspecified atom stereocenters. The van der Waals surface area contributed by atoms with E-state index in [0.29, 0.717) is 23.7 Å². The average Bonchev–Trinajstić information content (AvgIpc) is 3.00. The summed E-state index contributed by atoms with van der Waals surface area (Å²) in [5.74, 6) is 0.408. The molecule has 2 aromatic rings. The topological polar surface area (TPSA) is 114 Å². The third kappa shape index (κ3) is 5.30. The highest BCUT2D eigenvalue weighted by atomic mass is 16.6. The molecule has 0 saturated carbocycles. The minimum Gasteiger partial charge on any atom is -0.490 e. The molecular formula is C18H20N2O7. The molecule has 0 aliphatic rings. The van der Waals surface area contributed by atoms with Crippen molar-refractivity contribution >= 4 is 23.8 Å². The van der Waals surface area contributed by atoms with Gasteiger partial charge in [0, 0.05) is 0 Å². The van der Waals surface area contributed by atoms with Crippen LogP contribution < -0.4 is 9.47 Å². The maximum atomic E-state index is 11.4. The zero-order chi connectivity index (χ0) is 19.8. The highest BCUT2D eigenvalue weighted by Gasteiger charge is 2.21. The van der Waals surface area contributed by atoms with Crippen molar-refractivity contribution in [3.8, 4) is 11.5 Å². The number of carbonyl (C=O) groups excluding carboxylic acids is 1. The molecule has 9 heteroatoms. The maximum Gasteiger partial charge on any atom is 0.344 e. The van der Waals surface area contributed by atoms with Crippen LogP contribution in [0.25, 0.3) is 12.2 Å². The van der Waals surface area contributed by atoms with Crippen LogP contribution in [0.15, 0.2) is 22.7 Å². The van der Waals surface area contributed by atoms with Gasteiger partial charge in [-0.25, -0.2) is 4.79 Å². The van der Waals surface area contributed by atoms with E-state index in [4.69, 9.17) is 18.7 Å². The number of rotatable bonds is 9. The van der Waals surface area contributed by atoms with Gasteiger partial charge in [-0.05, 0) is 44.5 Å². The van der Waals surface area contributed by atoms with Gasteiger partial charge >= 0.3 is 11.7 Å². The molecule has 27 heavy (non-hydrogen) atoms. The lowest BCUT2D eigenvalue weighted by atomic mass is 10.1. The van der Waals surface area contributed by atoms with Gasteiger partial charge < -0.3 is 18.7 Å². The number of carbonyl (C=O) groups is 1. The molecule has 0 bridgehead atoms. The van der Waals surface area contributed by atoms with Crippen molar-refractivity contribution in [1.82, 2.24) is 5.16 Å². The van der Waals surface area contributed by atoms with Gasteiger partial charge in [0.15, 0.2) is 23.8 Å². The van der Waals surface area contributed by atoms with Crippen molar-refractivity contribution in [2.45, 2.75) is 20.8 Å². The standard InChI is InChI=1S/C18H20N2O7/c1-4-24-16-10-13(6-8-14(16)26-11-17(21)25-5-2)7-9-15-18(20(22)23)12(3)19-27-15/h6-10H,4-5,11H2,1-3H3/b9-7+. The van der Waals surface area contributed by atoms with E-state index < -0.39 is 10.9 Å². The van der Waals surface area contributed by atoms with Gasteiger partial charge in [0.1, 0.15) is 0 Å². The first-order valence-corrected chi connectivity index (χ1v) is 8.30. The molecule has 1 heterocycles. The summed E-state index contributed by atoms with van der Waals surface area (Å²) >= 11 is 0. The maximum absolute atomic E-state index is 11.4. The molecule has 0 aliphatic heterocycles. The fourth-order valence-electron chi connectivity index (χ4n) is 2.24. The van der Waals surface area contributed by atoms with Crippen LogP contribution in [0.4, 0.5) is 5.69 Å². The van der Waals surface area contributed by atoms with Crippen LogP contribution in [-0.4, -0.2) is 35.9 Å². The minimum absolute atomic E-state index is 0.0538. The quantitative estimate of drug-likeness (QED) is 0.372. The van der Waals surface area contributed by atoms with Crippen molar-refractivity contribution < 1.29 is 28.5 Å². The van der Waals surface area contributed by atoms with Crippen molar-refractivity contribution in [2.24, 2.45) is 0 Å². The van der Waals surface area contributed by atoms with Crippen molar-refractivity contribution in [1.29, 1.82) is 0 Å². The Morgan fingerprint density at radius 3 is 2.67 bits per heavy atom. The third-order valence-corrected chi connectivity index (χ3v) is 3.39. The van der Waals surface area contributed by atoms with Gasteiger partial charge in [-0.3, -0.25) is 10.1 Å². The molecule has 1 aromatic heterocycles. The highest BCUT2D eigenvalue weighted by Crippen LogP contribution is 2.30. The van der Waals surface area contributed by atoms with E-state index in [-0.39, 0.29) is 30.4 Å². The number of benzene rings is 1. The summed E-state index contributed by atoms with van der Waals surface area (Å²) < 4.78 is 20.8. The molecule has 0 N–H and O–H groups in total. The second-order valence-corrected chi connectivity index (χ2v) is 5.30. The van der Waals surface area contributed by atoms with Gasteiger partial charge in [-0.1, -0.05) is 17.3 Å². The van der Waals surface area contributed by atoms with Crippen LogP contribution in [0.3, 0.4) is 0 Å². The fourth-order valence-corrected chi connectivity index (χ4v) is 2.24. The van der Waals surface area contributed by atoms with Crippen LogP contribution in [-0.2, 0) is 9.53 Å². The summed E-state index contributed by atoms with van der Waals surface area (Å²) in [4.78, 5) is 22.0. The number of nitrogens with zero attached hydrogens (tertiary/aromatic N) is 2. The van der Waals surface area contributed by atoms with E-state index in [1.807, 2.05) is 6.92 Å². The summed E-state index contributed by atoms with van der Waals surface area (Å²) in [6.07, 6.45) is 3.09. The van der Waals surface area contributed by atoms with Crippen LogP contribution in [0.1, 0.15) is 30.9 Å². The summed E-state index contributed by atoms with van der Waals surface area (Å²) in [6.45, 7) is 5.48.